The second kappa shape index (κ2) is 3.35. The van der Waals surface area contributed by atoms with Crippen molar-refractivity contribution in [2.45, 2.75) is 26.2 Å². The van der Waals surface area contributed by atoms with Crippen LogP contribution in [0.15, 0.2) is 4.42 Å². The molecule has 1 aliphatic rings. The Bertz CT molecular complexity index is 313. The zero-order chi connectivity index (χ0) is 9.42. The Balaban J connectivity index is 2.34. The topological polar surface area (TPSA) is 25.2 Å². The van der Waals surface area contributed by atoms with Crippen molar-refractivity contribution < 1.29 is 4.42 Å². The Morgan fingerprint density at radius 2 is 2.23 bits per heavy atom. The number of rotatable bonds is 1. The lowest BCUT2D eigenvalue weighted by Crippen LogP contribution is -2.07. The van der Waals surface area contributed by atoms with Crippen LogP contribution in [0.25, 0.3) is 0 Å². The predicted octanol–water partition coefficient (Wildman–Crippen LogP) is 2.63. The quantitative estimate of drug-likeness (QED) is 0.752. The molecule has 0 bridgehead atoms. The molecular formula is C10H14ClNO. The van der Waals surface area contributed by atoms with Gasteiger partial charge in [0.25, 0.3) is 0 Å². The standard InChI is InChI=1S/C10H14ClNO/c1-6-9(11)7(2)13-10(6)8-3-4-12-5-8/h8,12H,3-5H2,1-2H3. The lowest BCUT2D eigenvalue weighted by molar-refractivity contribution is 0.450. The average Bonchev–Trinajstić information content (AvgIpc) is 2.70. The summed E-state index contributed by atoms with van der Waals surface area (Å²) in [6, 6.07) is 0. The van der Waals surface area contributed by atoms with E-state index in [1.54, 1.807) is 0 Å². The monoisotopic (exact) mass is 199 g/mol. The smallest absolute Gasteiger partial charge is 0.119 e. The van der Waals surface area contributed by atoms with E-state index >= 15 is 0 Å². The molecule has 13 heavy (non-hydrogen) atoms. The summed E-state index contributed by atoms with van der Waals surface area (Å²) >= 11 is 6.06. The first-order valence-corrected chi connectivity index (χ1v) is 5.04. The molecule has 1 atom stereocenters. The summed E-state index contributed by atoms with van der Waals surface area (Å²) in [4.78, 5) is 0. The minimum absolute atomic E-state index is 0.520. The average molecular weight is 200 g/mol. The molecule has 0 amide bonds. The molecule has 1 unspecified atom stereocenters. The van der Waals surface area contributed by atoms with E-state index in [4.69, 9.17) is 16.0 Å². The molecule has 72 valence electrons. The van der Waals surface area contributed by atoms with Crippen LogP contribution in [0, 0.1) is 13.8 Å². The van der Waals surface area contributed by atoms with Gasteiger partial charge in [0.2, 0.25) is 0 Å². The van der Waals surface area contributed by atoms with Crippen molar-refractivity contribution in [3.63, 3.8) is 0 Å². The summed E-state index contributed by atoms with van der Waals surface area (Å²) in [5.41, 5.74) is 1.12. The third-order valence-electron chi connectivity index (χ3n) is 2.70. The maximum atomic E-state index is 6.06. The predicted molar refractivity (Wildman–Crippen MR) is 53.4 cm³/mol. The third kappa shape index (κ3) is 1.49. The molecule has 1 fully saturated rings. The van der Waals surface area contributed by atoms with Crippen molar-refractivity contribution in [3.05, 3.63) is 22.1 Å². The van der Waals surface area contributed by atoms with E-state index in [9.17, 15) is 0 Å². The molecule has 1 aliphatic heterocycles. The minimum atomic E-state index is 0.520. The van der Waals surface area contributed by atoms with Gasteiger partial charge >= 0.3 is 0 Å². The van der Waals surface area contributed by atoms with E-state index in [2.05, 4.69) is 5.32 Å². The summed E-state index contributed by atoms with van der Waals surface area (Å²) in [5, 5.41) is 4.12. The molecule has 1 aromatic heterocycles. The highest BCUT2D eigenvalue weighted by molar-refractivity contribution is 6.32. The van der Waals surface area contributed by atoms with Crippen LogP contribution in [0.2, 0.25) is 5.02 Å². The third-order valence-corrected chi connectivity index (χ3v) is 3.25. The summed E-state index contributed by atoms with van der Waals surface area (Å²) in [6.45, 7) is 6.05. The maximum absolute atomic E-state index is 6.06. The first-order chi connectivity index (χ1) is 6.20. The highest BCUT2D eigenvalue weighted by Crippen LogP contribution is 2.33. The molecule has 1 N–H and O–H groups in total. The number of nitrogens with one attached hydrogen (secondary N) is 1. The lowest BCUT2D eigenvalue weighted by atomic mass is 10.0. The molecule has 0 aliphatic carbocycles. The van der Waals surface area contributed by atoms with Crippen molar-refractivity contribution in [2.24, 2.45) is 0 Å². The van der Waals surface area contributed by atoms with E-state index in [0.717, 1.165) is 41.6 Å². The zero-order valence-corrected chi connectivity index (χ0v) is 8.74. The normalized spacial score (nSPS) is 22.5. The highest BCUT2D eigenvalue weighted by Gasteiger charge is 2.24. The summed E-state index contributed by atoms with van der Waals surface area (Å²) in [5.74, 6) is 2.44. The minimum Gasteiger partial charge on any atom is -0.464 e. The van der Waals surface area contributed by atoms with E-state index < -0.39 is 0 Å². The van der Waals surface area contributed by atoms with Crippen LogP contribution in [-0.4, -0.2) is 13.1 Å². The Morgan fingerprint density at radius 1 is 1.46 bits per heavy atom. The summed E-state index contributed by atoms with van der Waals surface area (Å²) in [7, 11) is 0. The number of aryl methyl sites for hydroxylation is 1. The number of halogens is 1. The lowest BCUT2D eigenvalue weighted by Gasteiger charge is -2.04. The molecule has 0 aromatic carbocycles. The fourth-order valence-electron chi connectivity index (χ4n) is 1.93. The van der Waals surface area contributed by atoms with Gasteiger partial charge < -0.3 is 9.73 Å². The van der Waals surface area contributed by atoms with Gasteiger partial charge in [0.1, 0.15) is 11.5 Å². The van der Waals surface area contributed by atoms with E-state index in [1.807, 2.05) is 13.8 Å². The summed E-state index contributed by atoms with van der Waals surface area (Å²) in [6.07, 6.45) is 1.16. The Kier molecular flexibility index (Phi) is 2.35. The SMILES string of the molecule is Cc1oc(C2CCNC2)c(C)c1Cl. The van der Waals surface area contributed by atoms with Gasteiger partial charge in [0, 0.05) is 18.0 Å². The number of hydrogen-bond acceptors (Lipinski definition) is 2. The van der Waals surface area contributed by atoms with E-state index in [1.165, 1.54) is 0 Å². The van der Waals surface area contributed by atoms with Crippen molar-refractivity contribution in [3.8, 4) is 0 Å². The Morgan fingerprint density at radius 3 is 2.69 bits per heavy atom. The summed E-state index contributed by atoms with van der Waals surface area (Å²) < 4.78 is 5.66. The van der Waals surface area contributed by atoms with Gasteiger partial charge in [-0.1, -0.05) is 11.6 Å². The fraction of sp³-hybridized carbons (Fsp3) is 0.600. The van der Waals surface area contributed by atoms with Crippen molar-refractivity contribution in [1.29, 1.82) is 0 Å². The van der Waals surface area contributed by atoms with Gasteiger partial charge in [-0.25, -0.2) is 0 Å². The first kappa shape index (κ1) is 9.10. The van der Waals surface area contributed by atoms with Crippen LogP contribution in [-0.2, 0) is 0 Å². The highest BCUT2D eigenvalue weighted by atomic mass is 35.5. The maximum Gasteiger partial charge on any atom is 0.119 e. The first-order valence-electron chi connectivity index (χ1n) is 4.66. The second-order valence-electron chi connectivity index (χ2n) is 3.65. The van der Waals surface area contributed by atoms with Gasteiger partial charge in [-0.2, -0.15) is 0 Å². The zero-order valence-electron chi connectivity index (χ0n) is 7.98. The van der Waals surface area contributed by atoms with Gasteiger partial charge in [0.05, 0.1) is 5.02 Å². The van der Waals surface area contributed by atoms with Crippen molar-refractivity contribution in [2.75, 3.05) is 13.1 Å². The molecule has 0 radical (unpaired) electrons. The molecule has 2 rings (SSSR count). The fourth-order valence-corrected chi connectivity index (χ4v) is 2.06. The molecule has 1 aromatic rings. The van der Waals surface area contributed by atoms with Gasteiger partial charge in [-0.3, -0.25) is 0 Å². The Labute approximate surface area is 83.3 Å². The van der Waals surface area contributed by atoms with Crippen LogP contribution in [0.5, 0.6) is 0 Å². The van der Waals surface area contributed by atoms with E-state index in [0.29, 0.717) is 5.92 Å². The van der Waals surface area contributed by atoms with Crippen LogP contribution < -0.4 is 5.32 Å². The number of hydrogen-bond donors (Lipinski definition) is 1. The molecular weight excluding hydrogens is 186 g/mol. The van der Waals surface area contributed by atoms with E-state index in [-0.39, 0.29) is 0 Å². The molecule has 2 heterocycles. The van der Waals surface area contributed by atoms with Gasteiger partial charge in [0.15, 0.2) is 0 Å². The van der Waals surface area contributed by atoms with Crippen molar-refractivity contribution >= 4 is 11.6 Å². The van der Waals surface area contributed by atoms with Crippen LogP contribution in [0.3, 0.4) is 0 Å². The van der Waals surface area contributed by atoms with Crippen LogP contribution in [0.4, 0.5) is 0 Å². The van der Waals surface area contributed by atoms with Crippen molar-refractivity contribution in [1.82, 2.24) is 5.32 Å². The number of furan rings is 1. The molecule has 2 nitrogen and oxygen atoms in total. The molecule has 1 saturated heterocycles. The van der Waals surface area contributed by atoms with Crippen LogP contribution >= 0.6 is 11.6 Å². The molecule has 0 saturated carbocycles. The van der Waals surface area contributed by atoms with Crippen LogP contribution in [0.1, 0.15) is 29.4 Å². The Hall–Kier alpha value is -0.470. The molecule has 0 spiro atoms. The molecule has 3 heteroatoms. The van der Waals surface area contributed by atoms with Gasteiger partial charge in [-0.15, -0.1) is 0 Å². The largest absolute Gasteiger partial charge is 0.464 e. The second-order valence-corrected chi connectivity index (χ2v) is 4.03. The van der Waals surface area contributed by atoms with Gasteiger partial charge in [-0.05, 0) is 26.8 Å².